The van der Waals surface area contributed by atoms with E-state index in [-0.39, 0.29) is 27.1 Å². The van der Waals surface area contributed by atoms with Gasteiger partial charge in [-0.1, -0.05) is 182 Å². The molecule has 1 radical (unpaired) electrons. The van der Waals surface area contributed by atoms with Crippen molar-refractivity contribution in [1.82, 2.24) is 4.90 Å². The molecule has 2 heterocycles. The molecule has 3 nitrogen and oxygen atoms in total. The van der Waals surface area contributed by atoms with E-state index >= 15 is 0 Å². The number of hydrogen-bond donors (Lipinski definition) is 0. The van der Waals surface area contributed by atoms with E-state index in [1.807, 2.05) is 12.2 Å². The number of nitrogens with zero attached hydrogens (tertiary/aromatic N) is 2. The second-order valence-electron chi connectivity index (χ2n) is 22.4. The number of halogens is 1. The van der Waals surface area contributed by atoms with Crippen molar-refractivity contribution in [2.75, 3.05) is 11.4 Å². The van der Waals surface area contributed by atoms with Gasteiger partial charge >= 0.3 is 0 Å². The molecule has 0 spiro atoms. The van der Waals surface area contributed by atoms with Crippen molar-refractivity contribution in [3.63, 3.8) is 0 Å². The minimum absolute atomic E-state index is 0.0151. The van der Waals surface area contributed by atoms with Crippen molar-refractivity contribution in [3.05, 3.63) is 179 Å². The molecule has 1 aromatic heterocycles. The molecule has 1 aromatic carbocycles. The van der Waals surface area contributed by atoms with Crippen LogP contribution in [-0.4, -0.2) is 18.7 Å². The van der Waals surface area contributed by atoms with E-state index in [4.69, 9.17) is 4.42 Å². The minimum atomic E-state index is -0.405. The fraction of sp³-hybridized carbons (Fsp3) is 0.443. The summed E-state index contributed by atoms with van der Waals surface area (Å²) in [6.07, 6.45) is 36.2. The molecule has 2 aromatic rings. The van der Waals surface area contributed by atoms with E-state index in [1.165, 1.54) is 41.7 Å². The lowest BCUT2D eigenvalue weighted by atomic mass is 9.62. The van der Waals surface area contributed by atoms with Crippen molar-refractivity contribution in [2.24, 2.45) is 16.2 Å². The Kier molecular flexibility index (Phi) is 17.6. The summed E-state index contributed by atoms with van der Waals surface area (Å²) in [5.41, 5.74) is 12.1. The van der Waals surface area contributed by atoms with Crippen LogP contribution >= 0.6 is 0 Å². The normalized spacial score (nSPS) is 20.4. The summed E-state index contributed by atoms with van der Waals surface area (Å²) in [7, 11) is 2.25. The SMILES string of the molecule is C=C/C(F)=C(C=C)/C=C/C(=C\C=C\N1C(/C=C\C)=C/CN(/C(C=C)=C/C=C/C(C)(C)CCCC)c2c(oc3cc4c(cc23)C(C)(C)CCC4(C)C)[B]C(/C=C(\C)C(C)(C)C)=C\1C)C(C)(C)C. The number of furan rings is 1. The van der Waals surface area contributed by atoms with E-state index in [2.05, 4.69) is 221 Å². The highest BCUT2D eigenvalue weighted by atomic mass is 19.1. The highest BCUT2D eigenvalue weighted by Gasteiger charge is 2.39. The van der Waals surface area contributed by atoms with Crippen LogP contribution in [0.5, 0.6) is 0 Å². The first-order chi connectivity index (χ1) is 30.7. The predicted molar refractivity (Wildman–Crippen MR) is 290 cm³/mol. The van der Waals surface area contributed by atoms with Crippen molar-refractivity contribution in [3.8, 4) is 0 Å². The van der Waals surface area contributed by atoms with Crippen LogP contribution in [0.25, 0.3) is 11.0 Å². The highest BCUT2D eigenvalue weighted by molar-refractivity contribution is 6.63. The number of hydrogen-bond acceptors (Lipinski definition) is 3. The van der Waals surface area contributed by atoms with Gasteiger partial charge in [0.1, 0.15) is 11.4 Å². The maximum atomic E-state index is 14.6. The van der Waals surface area contributed by atoms with E-state index in [0.29, 0.717) is 12.1 Å². The van der Waals surface area contributed by atoms with Crippen molar-refractivity contribution in [2.45, 2.75) is 154 Å². The monoisotopic (exact) mass is 890 g/mol. The summed E-state index contributed by atoms with van der Waals surface area (Å²) in [5, 5.41) is 1.10. The Morgan fingerprint density at radius 2 is 1.53 bits per heavy atom. The zero-order chi connectivity index (χ0) is 49.4. The van der Waals surface area contributed by atoms with Crippen LogP contribution in [0, 0.1) is 16.2 Å². The zero-order valence-corrected chi connectivity index (χ0v) is 43.9. The third kappa shape index (κ3) is 13.1. The third-order valence-electron chi connectivity index (χ3n) is 13.7. The maximum absolute atomic E-state index is 14.6. The number of benzene rings is 1. The Morgan fingerprint density at radius 1 is 0.879 bits per heavy atom. The van der Waals surface area contributed by atoms with Crippen molar-refractivity contribution >= 4 is 29.6 Å². The van der Waals surface area contributed by atoms with Gasteiger partial charge in [0, 0.05) is 40.8 Å². The smallest absolute Gasteiger partial charge is 0.246 e. The Morgan fingerprint density at radius 3 is 2.09 bits per heavy atom. The van der Waals surface area contributed by atoms with E-state index < -0.39 is 5.83 Å². The van der Waals surface area contributed by atoms with Gasteiger partial charge in [-0.05, 0) is 132 Å². The summed E-state index contributed by atoms with van der Waals surface area (Å²) in [4.78, 5) is 4.66. The van der Waals surface area contributed by atoms with Crippen molar-refractivity contribution < 1.29 is 8.81 Å². The number of unbranched alkanes of at least 4 members (excludes halogenated alkanes) is 1. The molecular weight excluding hydrogens is 806 g/mol. The minimum Gasteiger partial charge on any atom is -0.469 e. The molecule has 0 fully saturated rings. The lowest BCUT2D eigenvalue weighted by Crippen LogP contribution is -2.34. The van der Waals surface area contributed by atoms with Gasteiger partial charge in [-0.2, -0.15) is 0 Å². The van der Waals surface area contributed by atoms with Crippen molar-refractivity contribution in [1.29, 1.82) is 0 Å². The van der Waals surface area contributed by atoms with Gasteiger partial charge in [-0.3, -0.25) is 0 Å². The average molecular weight is 890 g/mol. The molecule has 0 saturated heterocycles. The first-order valence-electron chi connectivity index (χ1n) is 24.2. The fourth-order valence-electron chi connectivity index (χ4n) is 8.56. The van der Waals surface area contributed by atoms with Crippen LogP contribution in [0.1, 0.15) is 154 Å². The van der Waals surface area contributed by atoms with Crippen LogP contribution < -0.4 is 10.6 Å². The summed E-state index contributed by atoms with van der Waals surface area (Å²) >= 11 is 0. The van der Waals surface area contributed by atoms with Gasteiger partial charge in [-0.25, -0.2) is 4.39 Å². The molecule has 1 aliphatic heterocycles. The lowest BCUT2D eigenvalue weighted by Gasteiger charge is -2.41. The second-order valence-corrected chi connectivity index (χ2v) is 22.4. The predicted octanol–water partition coefficient (Wildman–Crippen LogP) is 17.4. The van der Waals surface area contributed by atoms with Crippen LogP contribution in [-0.2, 0) is 10.8 Å². The Balaban J connectivity index is 2.15. The number of anilines is 1. The Bertz CT molecular complexity index is 2440. The molecule has 5 heteroatoms. The van der Waals surface area contributed by atoms with Crippen LogP contribution in [0.15, 0.2) is 173 Å². The topological polar surface area (TPSA) is 19.6 Å². The van der Waals surface area contributed by atoms with E-state index in [1.54, 1.807) is 6.08 Å². The molecule has 0 atom stereocenters. The molecule has 0 unspecified atom stereocenters. The summed E-state index contributed by atoms with van der Waals surface area (Å²) < 4.78 is 21.8. The van der Waals surface area contributed by atoms with Crippen LogP contribution in [0.4, 0.5) is 10.1 Å². The van der Waals surface area contributed by atoms with Gasteiger partial charge < -0.3 is 14.2 Å². The second kappa shape index (κ2) is 21.7. The first kappa shape index (κ1) is 53.6. The van der Waals surface area contributed by atoms with Gasteiger partial charge in [0.05, 0.1) is 11.3 Å². The molecule has 2 aliphatic rings. The zero-order valence-electron chi connectivity index (χ0n) is 43.9. The quantitative estimate of drug-likeness (QED) is 0.131. The number of fused-ring (bicyclic) bond motifs is 4. The number of allylic oxidation sites excluding steroid dienone is 19. The van der Waals surface area contributed by atoms with Gasteiger partial charge in [0.25, 0.3) is 0 Å². The summed E-state index contributed by atoms with van der Waals surface area (Å²) in [5.74, 6) is -0.405. The molecule has 66 heavy (non-hydrogen) atoms. The Labute approximate surface area is 402 Å². The third-order valence-corrected chi connectivity index (χ3v) is 13.7. The van der Waals surface area contributed by atoms with Crippen LogP contribution in [0.2, 0.25) is 0 Å². The van der Waals surface area contributed by atoms with Gasteiger partial charge in [0.2, 0.25) is 7.28 Å². The first-order valence-corrected chi connectivity index (χ1v) is 24.2. The molecule has 1 aliphatic carbocycles. The molecule has 0 saturated carbocycles. The Hall–Kier alpha value is -5.03. The fourth-order valence-corrected chi connectivity index (χ4v) is 8.56. The molecule has 0 amide bonds. The molecule has 353 valence electrons. The van der Waals surface area contributed by atoms with Gasteiger partial charge in [-0.15, -0.1) is 0 Å². The highest BCUT2D eigenvalue weighted by Crippen LogP contribution is 2.48. The van der Waals surface area contributed by atoms with E-state index in [0.717, 1.165) is 69.7 Å². The summed E-state index contributed by atoms with van der Waals surface area (Å²) in [6, 6.07) is 4.78. The number of rotatable bonds is 15. The lowest BCUT2D eigenvalue weighted by molar-refractivity contribution is 0.332. The van der Waals surface area contributed by atoms with Gasteiger partial charge in [0.15, 0.2) is 0 Å². The maximum Gasteiger partial charge on any atom is 0.246 e. The molecule has 0 bridgehead atoms. The molecule has 4 rings (SSSR count). The van der Waals surface area contributed by atoms with E-state index in [9.17, 15) is 4.39 Å². The molecule has 0 N–H and O–H groups in total. The molecular formula is C61H83BFN2O. The average Bonchev–Trinajstić information content (AvgIpc) is 3.59. The standard InChI is InChI=1S/C61H83BFN2O/c1-20-25-34-59(14,15)35-26-30-47(23-4)65-39-33-48(28-21-2)64(38-27-29-46(58(11,12)13)32-31-45(22-3)53(63)24-5)44(7)52(40-43(6)57(8,9)10)62-56-55(65)49-41-50-51(42-54(49)66-56)61(18,19)37-36-60(50,16)17/h21-24,26-33,35,38,40-42H,3-5,20,25,34,36-37,39H2,1-2,6-19H3/b28-21-,32-31+,35-26+,38-27+,43-40+,46-29+,47-30+,48-33+,52-44-,53-45-. The van der Waals surface area contributed by atoms with Crippen LogP contribution in [0.3, 0.4) is 0 Å². The largest absolute Gasteiger partial charge is 0.469 e. The summed E-state index contributed by atoms with van der Waals surface area (Å²) in [6.45, 7) is 48.6.